The van der Waals surface area contributed by atoms with Crippen molar-refractivity contribution in [1.29, 1.82) is 0 Å². The number of sulfonamides is 1. The van der Waals surface area contributed by atoms with E-state index < -0.39 is 28.5 Å². The number of unbranched alkanes of at least 4 members (excludes halogenated alkanes) is 1. The molecule has 0 bridgehead atoms. The van der Waals surface area contributed by atoms with Crippen molar-refractivity contribution in [3.63, 3.8) is 0 Å². The molecule has 0 saturated heterocycles. The maximum absolute atomic E-state index is 14.1. The van der Waals surface area contributed by atoms with Gasteiger partial charge in [-0.05, 0) is 75.6 Å². The van der Waals surface area contributed by atoms with Crippen LogP contribution in [-0.2, 0) is 26.2 Å². The Bertz CT molecular complexity index is 1440. The van der Waals surface area contributed by atoms with Crippen molar-refractivity contribution in [3.05, 3.63) is 89.0 Å². The molecule has 220 valence electrons. The van der Waals surface area contributed by atoms with Crippen LogP contribution in [0.25, 0.3) is 0 Å². The van der Waals surface area contributed by atoms with Crippen molar-refractivity contribution in [3.8, 4) is 5.75 Å². The molecule has 0 fully saturated rings. The van der Waals surface area contributed by atoms with Gasteiger partial charge in [0.15, 0.2) is 0 Å². The van der Waals surface area contributed by atoms with Crippen LogP contribution in [0, 0.1) is 20.8 Å². The second kappa shape index (κ2) is 14.2. The van der Waals surface area contributed by atoms with Crippen molar-refractivity contribution < 1.29 is 22.7 Å². The van der Waals surface area contributed by atoms with Gasteiger partial charge in [-0.1, -0.05) is 60.9 Å². The fourth-order valence-electron chi connectivity index (χ4n) is 4.48. The van der Waals surface area contributed by atoms with Gasteiger partial charge in [0.2, 0.25) is 11.8 Å². The molecule has 0 aliphatic heterocycles. The number of amides is 2. The summed E-state index contributed by atoms with van der Waals surface area (Å²) < 4.78 is 34.4. The molecule has 1 atom stereocenters. The lowest BCUT2D eigenvalue weighted by molar-refractivity contribution is -0.139. The van der Waals surface area contributed by atoms with Gasteiger partial charge < -0.3 is 15.0 Å². The third-order valence-electron chi connectivity index (χ3n) is 7.02. The van der Waals surface area contributed by atoms with E-state index >= 15 is 0 Å². The zero-order valence-electron chi connectivity index (χ0n) is 24.8. The summed E-state index contributed by atoms with van der Waals surface area (Å²) >= 11 is 0. The largest absolute Gasteiger partial charge is 0.497 e. The van der Waals surface area contributed by atoms with Crippen molar-refractivity contribution in [1.82, 2.24) is 10.2 Å². The number of hydrogen-bond acceptors (Lipinski definition) is 5. The lowest BCUT2D eigenvalue weighted by Crippen LogP contribution is -2.51. The maximum atomic E-state index is 14.1. The van der Waals surface area contributed by atoms with Crippen molar-refractivity contribution in [2.45, 2.75) is 64.9 Å². The number of aryl methyl sites for hydroxylation is 3. The van der Waals surface area contributed by atoms with Crippen LogP contribution >= 0.6 is 0 Å². The average molecular weight is 580 g/mol. The van der Waals surface area contributed by atoms with Crippen LogP contribution in [0.2, 0.25) is 0 Å². The monoisotopic (exact) mass is 579 g/mol. The molecule has 0 aliphatic carbocycles. The van der Waals surface area contributed by atoms with E-state index in [0.29, 0.717) is 18.0 Å². The predicted molar refractivity (Wildman–Crippen MR) is 163 cm³/mol. The predicted octanol–water partition coefficient (Wildman–Crippen LogP) is 5.15. The quantitative estimate of drug-likeness (QED) is 0.283. The van der Waals surface area contributed by atoms with E-state index in [1.807, 2.05) is 52.0 Å². The first-order valence-electron chi connectivity index (χ1n) is 13.8. The number of anilines is 1. The molecule has 0 aromatic heterocycles. The Morgan fingerprint density at radius 1 is 0.927 bits per heavy atom. The third kappa shape index (κ3) is 8.10. The second-order valence-corrected chi connectivity index (χ2v) is 12.2. The number of carbonyl (C=O) groups is 2. The SMILES string of the molecule is CCCCNC(=O)C(C)N(Cc1ccc(OC)cc1)C(=O)CN(c1ccc(C)cc1C)S(=O)(=O)c1ccc(C)cc1. The fourth-order valence-corrected chi connectivity index (χ4v) is 5.96. The molecule has 3 aromatic carbocycles. The van der Waals surface area contributed by atoms with Gasteiger partial charge in [-0.3, -0.25) is 13.9 Å². The molecular formula is C32H41N3O5S. The van der Waals surface area contributed by atoms with E-state index in [2.05, 4.69) is 5.32 Å². The van der Waals surface area contributed by atoms with Gasteiger partial charge in [-0.2, -0.15) is 0 Å². The lowest BCUT2D eigenvalue weighted by atomic mass is 10.1. The summed E-state index contributed by atoms with van der Waals surface area (Å²) in [6, 6.07) is 18.4. The van der Waals surface area contributed by atoms with E-state index in [1.165, 1.54) is 4.90 Å². The van der Waals surface area contributed by atoms with Crippen molar-refractivity contribution in [2.24, 2.45) is 0 Å². The second-order valence-electron chi connectivity index (χ2n) is 10.3. The lowest BCUT2D eigenvalue weighted by Gasteiger charge is -2.32. The van der Waals surface area contributed by atoms with E-state index in [9.17, 15) is 18.0 Å². The Balaban J connectivity index is 2.03. The van der Waals surface area contributed by atoms with Crippen LogP contribution in [0.5, 0.6) is 5.75 Å². The maximum Gasteiger partial charge on any atom is 0.264 e. The fraction of sp³-hybridized carbons (Fsp3) is 0.375. The highest BCUT2D eigenvalue weighted by molar-refractivity contribution is 7.92. The normalized spacial score (nSPS) is 12.0. The van der Waals surface area contributed by atoms with Gasteiger partial charge in [0.25, 0.3) is 10.0 Å². The molecule has 1 N–H and O–H groups in total. The van der Waals surface area contributed by atoms with E-state index in [4.69, 9.17) is 4.74 Å². The van der Waals surface area contributed by atoms with Gasteiger partial charge in [0.05, 0.1) is 17.7 Å². The average Bonchev–Trinajstić information content (AvgIpc) is 2.95. The topological polar surface area (TPSA) is 96.0 Å². The highest BCUT2D eigenvalue weighted by Gasteiger charge is 2.33. The Morgan fingerprint density at radius 3 is 2.15 bits per heavy atom. The van der Waals surface area contributed by atoms with Crippen LogP contribution in [0.1, 0.15) is 48.9 Å². The first-order valence-corrected chi connectivity index (χ1v) is 15.3. The van der Waals surface area contributed by atoms with Crippen molar-refractivity contribution >= 4 is 27.5 Å². The summed E-state index contributed by atoms with van der Waals surface area (Å²) in [5.41, 5.74) is 3.82. The summed E-state index contributed by atoms with van der Waals surface area (Å²) in [4.78, 5) is 28.7. The minimum absolute atomic E-state index is 0.0861. The van der Waals surface area contributed by atoms with Crippen LogP contribution in [-0.4, -0.2) is 51.4 Å². The number of carbonyl (C=O) groups excluding carboxylic acids is 2. The highest BCUT2D eigenvalue weighted by Crippen LogP contribution is 2.28. The minimum Gasteiger partial charge on any atom is -0.497 e. The molecule has 0 saturated carbocycles. The van der Waals surface area contributed by atoms with Crippen LogP contribution in [0.15, 0.2) is 71.6 Å². The summed E-state index contributed by atoms with van der Waals surface area (Å²) in [6.45, 7) is 9.48. The summed E-state index contributed by atoms with van der Waals surface area (Å²) in [5, 5.41) is 2.90. The van der Waals surface area contributed by atoms with Gasteiger partial charge in [-0.15, -0.1) is 0 Å². The Labute approximate surface area is 244 Å². The molecule has 2 amide bonds. The molecule has 0 heterocycles. The Hall–Kier alpha value is -3.85. The number of methoxy groups -OCH3 is 1. The highest BCUT2D eigenvalue weighted by atomic mass is 32.2. The zero-order chi connectivity index (χ0) is 30.2. The molecule has 9 heteroatoms. The standard InChI is InChI=1S/C32H41N3O5S/c1-7-8-19-33-32(37)26(5)34(21-27-12-14-28(40-6)15-13-27)31(36)22-35(30-18-11-24(3)20-25(30)4)41(38,39)29-16-9-23(2)10-17-29/h9-18,20,26H,7-8,19,21-22H2,1-6H3,(H,33,37). The molecule has 0 radical (unpaired) electrons. The number of hydrogen-bond donors (Lipinski definition) is 1. The van der Waals surface area contributed by atoms with Crippen LogP contribution < -0.4 is 14.4 Å². The van der Waals surface area contributed by atoms with Gasteiger partial charge in [-0.25, -0.2) is 8.42 Å². The summed E-state index contributed by atoms with van der Waals surface area (Å²) in [7, 11) is -2.54. The smallest absolute Gasteiger partial charge is 0.264 e. The Kier molecular flexibility index (Phi) is 10.9. The molecule has 3 rings (SSSR count). The Morgan fingerprint density at radius 2 is 1.56 bits per heavy atom. The molecule has 3 aromatic rings. The molecular weight excluding hydrogens is 538 g/mol. The van der Waals surface area contributed by atoms with Gasteiger partial charge in [0.1, 0.15) is 18.3 Å². The molecule has 0 aliphatic rings. The third-order valence-corrected chi connectivity index (χ3v) is 8.79. The van der Waals surface area contributed by atoms with Gasteiger partial charge >= 0.3 is 0 Å². The van der Waals surface area contributed by atoms with Crippen LogP contribution in [0.3, 0.4) is 0 Å². The van der Waals surface area contributed by atoms with Gasteiger partial charge in [0, 0.05) is 13.1 Å². The first-order chi connectivity index (χ1) is 19.5. The zero-order valence-corrected chi connectivity index (χ0v) is 25.6. The number of ether oxygens (including phenoxy) is 1. The number of benzene rings is 3. The molecule has 41 heavy (non-hydrogen) atoms. The number of nitrogens with one attached hydrogen (secondary N) is 1. The van der Waals surface area contributed by atoms with E-state index in [-0.39, 0.29) is 17.3 Å². The van der Waals surface area contributed by atoms with E-state index in [1.54, 1.807) is 56.5 Å². The summed E-state index contributed by atoms with van der Waals surface area (Å²) in [6.07, 6.45) is 1.74. The van der Waals surface area contributed by atoms with Crippen molar-refractivity contribution in [2.75, 3.05) is 24.5 Å². The molecule has 8 nitrogen and oxygen atoms in total. The van der Waals surface area contributed by atoms with Crippen LogP contribution in [0.4, 0.5) is 5.69 Å². The molecule has 1 unspecified atom stereocenters. The van der Waals surface area contributed by atoms with E-state index in [0.717, 1.165) is 39.4 Å². The minimum atomic E-state index is -4.11. The first kappa shape index (κ1) is 31.7. The molecule has 0 spiro atoms. The summed E-state index contributed by atoms with van der Waals surface area (Å²) in [5.74, 6) is -0.114. The number of nitrogens with zero attached hydrogens (tertiary/aromatic N) is 2. The number of rotatable bonds is 13.